The van der Waals surface area contributed by atoms with Crippen LogP contribution in [0.1, 0.15) is 33.8 Å². The quantitative estimate of drug-likeness (QED) is 0.752. The van der Waals surface area contributed by atoms with Gasteiger partial charge >= 0.3 is 0 Å². The summed E-state index contributed by atoms with van der Waals surface area (Å²) in [5, 5.41) is 4.57. The molecule has 0 unspecified atom stereocenters. The van der Waals surface area contributed by atoms with Crippen molar-refractivity contribution in [3.8, 4) is 5.82 Å². The monoisotopic (exact) mass is 229 g/mol. The molecule has 0 atom stereocenters. The highest BCUT2D eigenvalue weighted by Crippen LogP contribution is 2.19. The van der Waals surface area contributed by atoms with Crippen LogP contribution in [0.25, 0.3) is 5.82 Å². The Morgan fingerprint density at radius 2 is 1.53 bits per heavy atom. The molecule has 0 radical (unpaired) electrons. The van der Waals surface area contributed by atoms with Crippen molar-refractivity contribution in [1.82, 2.24) is 14.8 Å². The first-order valence-corrected chi connectivity index (χ1v) is 5.90. The Morgan fingerprint density at radius 1 is 0.882 bits per heavy atom. The Bertz CT molecular complexity index is 580. The van der Waals surface area contributed by atoms with Crippen molar-refractivity contribution >= 4 is 0 Å². The van der Waals surface area contributed by atoms with E-state index in [1.54, 1.807) is 0 Å². The predicted molar refractivity (Wildman–Crippen MR) is 69.8 cm³/mol. The molecule has 3 heteroatoms. The van der Waals surface area contributed by atoms with E-state index in [1.807, 2.05) is 18.5 Å². The second kappa shape index (κ2) is 3.99. The van der Waals surface area contributed by atoms with E-state index in [1.165, 1.54) is 22.4 Å². The third-order valence-electron chi connectivity index (χ3n) is 3.48. The van der Waals surface area contributed by atoms with Crippen LogP contribution in [0.5, 0.6) is 0 Å². The van der Waals surface area contributed by atoms with Gasteiger partial charge in [-0.05, 0) is 58.2 Å². The Hall–Kier alpha value is -1.64. The summed E-state index contributed by atoms with van der Waals surface area (Å²) in [7, 11) is 0. The van der Waals surface area contributed by atoms with Gasteiger partial charge in [0.1, 0.15) is 0 Å². The lowest BCUT2D eigenvalue weighted by molar-refractivity contribution is 0.792. The van der Waals surface area contributed by atoms with E-state index in [0.717, 1.165) is 17.2 Å². The highest BCUT2D eigenvalue weighted by Gasteiger charge is 2.12. The van der Waals surface area contributed by atoms with Crippen LogP contribution in [0.2, 0.25) is 0 Å². The summed E-state index contributed by atoms with van der Waals surface area (Å²) >= 11 is 0. The molecule has 0 aliphatic carbocycles. The van der Waals surface area contributed by atoms with Gasteiger partial charge in [0.2, 0.25) is 0 Å². The van der Waals surface area contributed by atoms with Gasteiger partial charge in [-0.2, -0.15) is 5.10 Å². The van der Waals surface area contributed by atoms with Crippen LogP contribution in [-0.4, -0.2) is 14.8 Å². The minimum Gasteiger partial charge on any atom is -0.233 e. The molecule has 2 rings (SSSR count). The van der Waals surface area contributed by atoms with Crippen molar-refractivity contribution < 1.29 is 0 Å². The largest absolute Gasteiger partial charge is 0.233 e. The van der Waals surface area contributed by atoms with Crippen LogP contribution >= 0.6 is 0 Å². The molecule has 2 heterocycles. The van der Waals surface area contributed by atoms with E-state index in [-0.39, 0.29) is 0 Å². The van der Waals surface area contributed by atoms with E-state index in [9.17, 15) is 0 Å². The Balaban J connectivity index is 2.68. The zero-order valence-electron chi connectivity index (χ0n) is 11.4. The summed E-state index contributed by atoms with van der Waals surface area (Å²) in [6, 6.07) is 2.17. The molecule has 0 spiro atoms. The third kappa shape index (κ3) is 1.86. The molecule has 2 aromatic heterocycles. The first-order chi connectivity index (χ1) is 7.91. The van der Waals surface area contributed by atoms with Crippen molar-refractivity contribution in [3.63, 3.8) is 0 Å². The molecule has 90 valence electrons. The van der Waals surface area contributed by atoms with Crippen molar-refractivity contribution in [2.75, 3.05) is 0 Å². The summed E-state index contributed by atoms with van der Waals surface area (Å²) < 4.78 is 1.95. The number of aryl methyl sites for hydroxylation is 4. The van der Waals surface area contributed by atoms with Crippen LogP contribution < -0.4 is 0 Å². The standard InChI is InChI=1S/C14H19N3/c1-8-7-9(2)14(15-11(8)4)17-13(6)10(3)12(5)16-17/h7H,1-6H3. The molecule has 0 saturated carbocycles. The van der Waals surface area contributed by atoms with Gasteiger partial charge in [0, 0.05) is 11.4 Å². The van der Waals surface area contributed by atoms with Crippen LogP contribution in [0, 0.1) is 41.5 Å². The van der Waals surface area contributed by atoms with Gasteiger partial charge in [0.15, 0.2) is 5.82 Å². The van der Waals surface area contributed by atoms with Crippen molar-refractivity contribution in [3.05, 3.63) is 39.8 Å². The highest BCUT2D eigenvalue weighted by atomic mass is 15.3. The molecule has 0 N–H and O–H groups in total. The lowest BCUT2D eigenvalue weighted by Gasteiger charge is -2.10. The van der Waals surface area contributed by atoms with Gasteiger partial charge in [0.05, 0.1) is 5.69 Å². The van der Waals surface area contributed by atoms with Crippen molar-refractivity contribution in [2.24, 2.45) is 0 Å². The number of hydrogen-bond acceptors (Lipinski definition) is 2. The molecule has 3 nitrogen and oxygen atoms in total. The molecule has 17 heavy (non-hydrogen) atoms. The average Bonchev–Trinajstić information content (AvgIpc) is 2.51. The molecule has 0 aliphatic heterocycles. The fourth-order valence-electron chi connectivity index (χ4n) is 1.97. The fraction of sp³-hybridized carbons (Fsp3) is 0.429. The number of hydrogen-bond donors (Lipinski definition) is 0. The first kappa shape index (κ1) is 11.8. The van der Waals surface area contributed by atoms with Gasteiger partial charge in [-0.15, -0.1) is 0 Å². The summed E-state index contributed by atoms with van der Waals surface area (Å²) in [4.78, 5) is 4.66. The molecule has 0 aromatic carbocycles. The number of nitrogens with zero attached hydrogens (tertiary/aromatic N) is 3. The first-order valence-electron chi connectivity index (χ1n) is 5.90. The second-order valence-corrected chi connectivity index (χ2v) is 4.74. The van der Waals surface area contributed by atoms with Gasteiger partial charge in [0.25, 0.3) is 0 Å². The molecular weight excluding hydrogens is 210 g/mol. The summed E-state index contributed by atoms with van der Waals surface area (Å²) in [6.07, 6.45) is 0. The minimum atomic E-state index is 0.946. The van der Waals surface area contributed by atoms with Gasteiger partial charge in [-0.25, -0.2) is 9.67 Å². The predicted octanol–water partition coefficient (Wildman–Crippen LogP) is 3.12. The average molecular weight is 229 g/mol. The lowest BCUT2D eigenvalue weighted by atomic mass is 10.1. The van der Waals surface area contributed by atoms with Crippen LogP contribution in [-0.2, 0) is 0 Å². The smallest absolute Gasteiger partial charge is 0.156 e. The van der Waals surface area contributed by atoms with Crippen molar-refractivity contribution in [2.45, 2.75) is 41.5 Å². The normalized spacial score (nSPS) is 10.9. The van der Waals surface area contributed by atoms with E-state index in [2.05, 4.69) is 43.8 Å². The Morgan fingerprint density at radius 3 is 2.06 bits per heavy atom. The molecule has 0 fully saturated rings. The fourth-order valence-corrected chi connectivity index (χ4v) is 1.97. The maximum absolute atomic E-state index is 4.66. The molecule has 0 bridgehead atoms. The number of rotatable bonds is 1. The topological polar surface area (TPSA) is 30.7 Å². The lowest BCUT2D eigenvalue weighted by Crippen LogP contribution is -2.06. The Kier molecular flexibility index (Phi) is 2.77. The zero-order valence-corrected chi connectivity index (χ0v) is 11.4. The maximum Gasteiger partial charge on any atom is 0.156 e. The van der Waals surface area contributed by atoms with E-state index in [0.29, 0.717) is 0 Å². The summed E-state index contributed by atoms with van der Waals surface area (Å²) in [5.74, 6) is 0.946. The van der Waals surface area contributed by atoms with Crippen LogP contribution in [0.4, 0.5) is 0 Å². The second-order valence-electron chi connectivity index (χ2n) is 4.74. The minimum absolute atomic E-state index is 0.946. The maximum atomic E-state index is 4.66. The number of pyridine rings is 1. The SMILES string of the molecule is Cc1cc(C)c(-n2nc(C)c(C)c2C)nc1C. The van der Waals surface area contributed by atoms with Crippen molar-refractivity contribution in [1.29, 1.82) is 0 Å². The highest BCUT2D eigenvalue weighted by molar-refractivity contribution is 5.40. The molecule has 0 aliphatic rings. The van der Waals surface area contributed by atoms with Gasteiger partial charge < -0.3 is 0 Å². The molecule has 2 aromatic rings. The van der Waals surface area contributed by atoms with Gasteiger partial charge in [-0.3, -0.25) is 0 Å². The molecule has 0 amide bonds. The van der Waals surface area contributed by atoms with Crippen LogP contribution in [0.15, 0.2) is 6.07 Å². The molecule has 0 saturated heterocycles. The third-order valence-corrected chi connectivity index (χ3v) is 3.48. The van der Waals surface area contributed by atoms with Gasteiger partial charge in [-0.1, -0.05) is 6.07 Å². The number of aromatic nitrogens is 3. The van der Waals surface area contributed by atoms with E-state index >= 15 is 0 Å². The zero-order chi connectivity index (χ0) is 12.7. The summed E-state index contributed by atoms with van der Waals surface area (Å²) in [5.41, 5.74) is 6.94. The molecular formula is C14H19N3. The summed E-state index contributed by atoms with van der Waals surface area (Å²) in [6.45, 7) is 12.4. The van der Waals surface area contributed by atoms with E-state index in [4.69, 9.17) is 0 Å². The van der Waals surface area contributed by atoms with Crippen LogP contribution in [0.3, 0.4) is 0 Å². The van der Waals surface area contributed by atoms with E-state index < -0.39 is 0 Å². The Labute approximate surface area is 103 Å².